The van der Waals surface area contributed by atoms with Crippen LogP contribution in [0.15, 0.2) is 28.0 Å². The van der Waals surface area contributed by atoms with Crippen LogP contribution in [-0.4, -0.2) is 66.3 Å². The van der Waals surface area contributed by atoms with Gasteiger partial charge in [-0.25, -0.2) is 0 Å². The normalized spacial score (nSPS) is 15.5. The zero-order valence-electron chi connectivity index (χ0n) is 14.6. The number of imide groups is 1. The molecule has 2 aromatic carbocycles. The summed E-state index contributed by atoms with van der Waals surface area (Å²) in [6.45, 7) is -0.824. The van der Waals surface area contributed by atoms with Crippen molar-refractivity contribution in [3.63, 3.8) is 0 Å². The highest BCUT2D eigenvalue weighted by Crippen LogP contribution is 2.38. The maximum absolute atomic E-state index is 12.8. The first kappa shape index (κ1) is 21.6. The molecule has 0 aromatic heterocycles. The maximum atomic E-state index is 12.8. The van der Waals surface area contributed by atoms with Crippen molar-refractivity contribution in [2.24, 2.45) is 5.73 Å². The number of carbonyl (C=O) groups is 3. The average molecular weight is 459 g/mol. The van der Waals surface area contributed by atoms with E-state index in [2.05, 4.69) is 0 Å². The first-order valence-corrected chi connectivity index (χ1v) is 10.7. The molecule has 15 heteroatoms. The summed E-state index contributed by atoms with van der Waals surface area (Å²) in [6.07, 6.45) is 0. The van der Waals surface area contributed by atoms with Gasteiger partial charge in [-0.1, -0.05) is 0 Å². The molecule has 0 bridgehead atoms. The summed E-state index contributed by atoms with van der Waals surface area (Å²) < 4.78 is 65.4. The number of rotatable bonds is 5. The zero-order chi connectivity index (χ0) is 22.8. The molecule has 3 rings (SSSR count). The summed E-state index contributed by atoms with van der Waals surface area (Å²) in [6, 6.07) is 0.440. The molecule has 30 heavy (non-hydrogen) atoms. The molecular formula is C15H13N3O10S2. The molecule has 13 nitrogen and oxygen atoms in total. The summed E-state index contributed by atoms with van der Waals surface area (Å²) in [5.74, 6) is -3.83. The molecule has 0 spiro atoms. The third-order valence-electron chi connectivity index (χ3n) is 4.44. The second-order valence-electron chi connectivity index (χ2n) is 6.35. The van der Waals surface area contributed by atoms with Gasteiger partial charge in [-0.15, -0.1) is 0 Å². The van der Waals surface area contributed by atoms with Crippen molar-refractivity contribution in [3.8, 4) is 0 Å². The molecule has 0 aliphatic carbocycles. The third kappa shape index (κ3) is 3.37. The Morgan fingerprint density at radius 3 is 2.00 bits per heavy atom. The van der Waals surface area contributed by atoms with E-state index in [1.165, 1.54) is 0 Å². The number of nitrogens with two attached hydrogens (primary N) is 2. The molecule has 0 saturated heterocycles. The van der Waals surface area contributed by atoms with E-state index < -0.39 is 82.6 Å². The van der Waals surface area contributed by atoms with Gasteiger partial charge in [-0.3, -0.25) is 28.4 Å². The Morgan fingerprint density at radius 2 is 1.53 bits per heavy atom. The van der Waals surface area contributed by atoms with Crippen LogP contribution in [0.2, 0.25) is 0 Å². The van der Waals surface area contributed by atoms with Crippen molar-refractivity contribution in [1.82, 2.24) is 4.90 Å². The van der Waals surface area contributed by atoms with E-state index in [1.807, 2.05) is 0 Å². The molecule has 0 radical (unpaired) electrons. The summed E-state index contributed by atoms with van der Waals surface area (Å²) in [7, 11) is -9.91. The fourth-order valence-electron chi connectivity index (χ4n) is 3.06. The SMILES string of the molecule is Nc1c(S(=O)(=O)O)cc2c3c(cc(S(=O)(=O)O)cc13)C(=O)N(C[C@H](N)C(=O)O)C2=O. The zero-order valence-corrected chi connectivity index (χ0v) is 16.3. The van der Waals surface area contributed by atoms with Gasteiger partial charge in [-0.05, 0) is 18.2 Å². The number of carbonyl (C=O) groups excluding carboxylic acids is 2. The number of hydrogen-bond acceptors (Lipinski definition) is 9. The number of anilines is 1. The Kier molecular flexibility index (Phi) is 4.83. The molecule has 0 fully saturated rings. The van der Waals surface area contributed by atoms with Gasteiger partial charge in [0.25, 0.3) is 32.1 Å². The van der Waals surface area contributed by atoms with Crippen molar-refractivity contribution in [2.75, 3.05) is 12.3 Å². The monoisotopic (exact) mass is 459 g/mol. The molecule has 0 unspecified atom stereocenters. The first-order chi connectivity index (χ1) is 13.6. The van der Waals surface area contributed by atoms with Crippen molar-refractivity contribution in [3.05, 3.63) is 29.3 Å². The number of hydrogen-bond donors (Lipinski definition) is 5. The minimum atomic E-state index is -5.00. The standard InChI is InChI=1S/C15H13N3O10S2/c16-9(15(21)22)4-18-13(19)7-2-5(29(23,24)25)1-6-11(7)8(14(18)20)3-10(12(6)17)30(26,27)28/h1-3,9H,4,16-17H2,(H,21,22)(H,23,24,25)(H,26,27,28)/t9-/m0/s1. The van der Waals surface area contributed by atoms with Crippen LogP contribution in [0.4, 0.5) is 5.69 Å². The quantitative estimate of drug-likeness (QED) is 0.204. The van der Waals surface area contributed by atoms with E-state index in [0.29, 0.717) is 11.0 Å². The van der Waals surface area contributed by atoms with E-state index >= 15 is 0 Å². The Balaban J connectivity index is 2.45. The highest BCUT2D eigenvalue weighted by molar-refractivity contribution is 7.86. The van der Waals surface area contributed by atoms with Gasteiger partial charge in [0.15, 0.2) is 0 Å². The van der Waals surface area contributed by atoms with Gasteiger partial charge in [-0.2, -0.15) is 16.8 Å². The van der Waals surface area contributed by atoms with Crippen molar-refractivity contribution in [2.45, 2.75) is 15.8 Å². The highest BCUT2D eigenvalue weighted by Gasteiger charge is 2.38. The van der Waals surface area contributed by atoms with E-state index in [0.717, 1.165) is 12.1 Å². The summed E-state index contributed by atoms with van der Waals surface area (Å²) in [4.78, 5) is 35.2. The summed E-state index contributed by atoms with van der Waals surface area (Å²) in [5, 5.41) is 8.31. The number of aliphatic carboxylic acids is 1. The lowest BCUT2D eigenvalue weighted by Gasteiger charge is -2.29. The third-order valence-corrected chi connectivity index (χ3v) is 6.16. The fraction of sp³-hybridized carbons (Fsp3) is 0.133. The molecule has 1 atom stereocenters. The Labute approximate surface area is 168 Å². The number of nitrogens with zero attached hydrogens (tertiary/aromatic N) is 1. The van der Waals surface area contributed by atoms with Crippen LogP contribution in [0, 0.1) is 0 Å². The van der Waals surface area contributed by atoms with E-state index in [-0.39, 0.29) is 5.39 Å². The molecule has 1 heterocycles. The van der Waals surface area contributed by atoms with Gasteiger partial charge < -0.3 is 16.6 Å². The number of carboxylic acids is 1. The van der Waals surface area contributed by atoms with Gasteiger partial charge in [0, 0.05) is 10.8 Å². The number of nitrogen functional groups attached to an aromatic ring is 1. The van der Waals surface area contributed by atoms with E-state index in [4.69, 9.17) is 16.6 Å². The van der Waals surface area contributed by atoms with Crippen molar-refractivity contribution < 1.29 is 45.4 Å². The lowest BCUT2D eigenvalue weighted by Crippen LogP contribution is -2.49. The number of carboxylic acid groups (broad SMARTS) is 1. The van der Waals surface area contributed by atoms with Gasteiger partial charge in [0.1, 0.15) is 10.9 Å². The largest absolute Gasteiger partial charge is 0.480 e. The lowest BCUT2D eigenvalue weighted by atomic mass is 9.92. The Morgan fingerprint density at radius 1 is 1.00 bits per heavy atom. The molecule has 2 amide bonds. The van der Waals surface area contributed by atoms with Gasteiger partial charge in [0.05, 0.1) is 28.3 Å². The van der Waals surface area contributed by atoms with Crippen LogP contribution >= 0.6 is 0 Å². The Bertz CT molecular complexity index is 1340. The van der Waals surface area contributed by atoms with Gasteiger partial charge in [0.2, 0.25) is 0 Å². The van der Waals surface area contributed by atoms with Crippen LogP contribution in [0.5, 0.6) is 0 Å². The van der Waals surface area contributed by atoms with E-state index in [9.17, 15) is 40.3 Å². The number of benzene rings is 2. The molecular weight excluding hydrogens is 446 g/mol. The average Bonchev–Trinajstić information content (AvgIpc) is 2.61. The maximum Gasteiger partial charge on any atom is 0.322 e. The topological polar surface area (TPSA) is 235 Å². The second kappa shape index (κ2) is 6.71. The van der Waals surface area contributed by atoms with Crippen LogP contribution in [0.25, 0.3) is 10.8 Å². The minimum absolute atomic E-state index is 0.234. The highest BCUT2D eigenvalue weighted by atomic mass is 32.2. The van der Waals surface area contributed by atoms with Crippen molar-refractivity contribution in [1.29, 1.82) is 0 Å². The summed E-state index contributed by atoms with van der Waals surface area (Å²) in [5.41, 5.74) is 9.49. The molecule has 2 aromatic rings. The van der Waals surface area contributed by atoms with Crippen LogP contribution < -0.4 is 11.5 Å². The smallest absolute Gasteiger partial charge is 0.322 e. The second-order valence-corrected chi connectivity index (χ2v) is 9.16. The predicted molar refractivity (Wildman–Crippen MR) is 99.0 cm³/mol. The first-order valence-electron chi connectivity index (χ1n) is 7.84. The van der Waals surface area contributed by atoms with Gasteiger partial charge >= 0.3 is 5.97 Å². The molecule has 1 aliphatic heterocycles. The molecule has 160 valence electrons. The minimum Gasteiger partial charge on any atom is -0.480 e. The summed E-state index contributed by atoms with van der Waals surface area (Å²) >= 11 is 0. The number of amides is 2. The lowest BCUT2D eigenvalue weighted by molar-refractivity contribution is -0.138. The Hall–Kier alpha value is -3.11. The van der Waals surface area contributed by atoms with Crippen LogP contribution in [-0.2, 0) is 25.0 Å². The van der Waals surface area contributed by atoms with Crippen LogP contribution in [0.3, 0.4) is 0 Å². The predicted octanol–water partition coefficient (Wildman–Crippen LogP) is -1.08. The van der Waals surface area contributed by atoms with E-state index in [1.54, 1.807) is 0 Å². The van der Waals surface area contributed by atoms with Crippen molar-refractivity contribution >= 4 is 54.5 Å². The molecule has 1 aliphatic rings. The fourth-order valence-corrected chi connectivity index (χ4v) is 4.24. The molecule has 7 N–H and O–H groups in total. The van der Waals surface area contributed by atoms with Crippen LogP contribution in [0.1, 0.15) is 20.7 Å². The molecule has 0 saturated carbocycles.